The number of amides is 1. The summed E-state index contributed by atoms with van der Waals surface area (Å²) in [6.07, 6.45) is 5.45. The quantitative estimate of drug-likeness (QED) is 0.620. The summed E-state index contributed by atoms with van der Waals surface area (Å²) in [6, 6.07) is -0.201. The smallest absolute Gasteiger partial charge is 0.275 e. The second kappa shape index (κ2) is 7.00. The van der Waals surface area contributed by atoms with Gasteiger partial charge in [-0.3, -0.25) is 14.3 Å². The second-order valence-corrected chi connectivity index (χ2v) is 5.50. The highest BCUT2D eigenvalue weighted by molar-refractivity contribution is 5.94. The molecule has 1 aliphatic carbocycles. The van der Waals surface area contributed by atoms with Gasteiger partial charge in [-0.25, -0.2) is 13.8 Å². The van der Waals surface area contributed by atoms with Gasteiger partial charge in [0, 0.05) is 13.2 Å². The summed E-state index contributed by atoms with van der Waals surface area (Å²) in [5.41, 5.74) is -0.622. The fraction of sp³-hybridized carbons (Fsp3) is 0.600. The first kappa shape index (κ1) is 16.6. The van der Waals surface area contributed by atoms with Gasteiger partial charge in [0.25, 0.3) is 12.3 Å². The maximum absolute atomic E-state index is 13.0. The molecule has 0 bridgehead atoms. The monoisotopic (exact) mass is 313 g/mol. The van der Waals surface area contributed by atoms with Crippen LogP contribution in [0, 0.1) is 5.92 Å². The largest absolute Gasteiger partial charge is 0.282 e. The number of aryl methyl sites for hydroxylation is 1. The molecule has 0 N–H and O–H groups in total. The zero-order valence-electron chi connectivity index (χ0n) is 13.0. The van der Waals surface area contributed by atoms with Crippen molar-refractivity contribution < 1.29 is 18.4 Å². The number of aromatic nitrogens is 2. The maximum Gasteiger partial charge on any atom is 0.282 e. The molecule has 2 unspecified atom stereocenters. The molecule has 0 aromatic carbocycles. The van der Waals surface area contributed by atoms with Gasteiger partial charge < -0.3 is 0 Å². The molecule has 0 radical (unpaired) electrons. The first-order valence-electron chi connectivity index (χ1n) is 7.30. The number of halogens is 2. The van der Waals surface area contributed by atoms with Crippen LogP contribution in [0.4, 0.5) is 8.78 Å². The fourth-order valence-electron chi connectivity index (χ4n) is 2.83. The van der Waals surface area contributed by atoms with Crippen molar-refractivity contribution >= 4 is 5.91 Å². The lowest BCUT2D eigenvalue weighted by atomic mass is 9.88. The molecule has 2 atom stereocenters. The van der Waals surface area contributed by atoms with Gasteiger partial charge in [-0.05, 0) is 32.1 Å². The molecule has 0 spiro atoms. The van der Waals surface area contributed by atoms with Crippen LogP contribution in [0.2, 0.25) is 0 Å². The molecule has 7 heteroatoms. The minimum atomic E-state index is -2.80. The van der Waals surface area contributed by atoms with Crippen LogP contribution >= 0.6 is 0 Å². The number of hydroxylamine groups is 2. The average molecular weight is 313 g/mol. The summed E-state index contributed by atoms with van der Waals surface area (Å²) in [5.74, 6) is -0.325. The molecule has 2 rings (SSSR count). The summed E-state index contributed by atoms with van der Waals surface area (Å²) >= 11 is 0. The first-order chi connectivity index (χ1) is 10.5. The highest BCUT2D eigenvalue weighted by atomic mass is 19.3. The van der Waals surface area contributed by atoms with Crippen molar-refractivity contribution in [3.63, 3.8) is 0 Å². The molecule has 1 heterocycles. The van der Waals surface area contributed by atoms with E-state index in [4.69, 9.17) is 4.84 Å². The lowest BCUT2D eigenvalue weighted by Crippen LogP contribution is -2.42. The van der Waals surface area contributed by atoms with Crippen molar-refractivity contribution in [2.45, 2.75) is 38.7 Å². The highest BCUT2D eigenvalue weighted by Crippen LogP contribution is 2.28. The van der Waals surface area contributed by atoms with Crippen molar-refractivity contribution in [3.05, 3.63) is 29.6 Å². The molecule has 0 fully saturated rings. The minimum Gasteiger partial charge on any atom is -0.275 e. The van der Waals surface area contributed by atoms with Crippen LogP contribution in [-0.2, 0) is 11.9 Å². The van der Waals surface area contributed by atoms with E-state index < -0.39 is 18.0 Å². The van der Waals surface area contributed by atoms with Crippen LogP contribution in [0.1, 0.15) is 48.7 Å². The van der Waals surface area contributed by atoms with Gasteiger partial charge in [0.2, 0.25) is 0 Å². The highest BCUT2D eigenvalue weighted by Gasteiger charge is 2.32. The van der Waals surface area contributed by atoms with Crippen molar-refractivity contribution in [1.82, 2.24) is 14.8 Å². The molecule has 122 valence electrons. The molecule has 0 aliphatic heterocycles. The summed E-state index contributed by atoms with van der Waals surface area (Å²) in [6.45, 7) is 1.88. The third-order valence-electron chi connectivity index (χ3n) is 4.05. The number of rotatable bonds is 5. The Morgan fingerprint density at radius 3 is 2.77 bits per heavy atom. The fourth-order valence-corrected chi connectivity index (χ4v) is 2.83. The lowest BCUT2D eigenvalue weighted by Gasteiger charge is -2.33. The molecular formula is C15H21F2N3O2. The number of alkyl halides is 2. The lowest BCUT2D eigenvalue weighted by molar-refractivity contribution is -0.132. The van der Waals surface area contributed by atoms with Gasteiger partial charge in [0.05, 0.1) is 18.7 Å². The van der Waals surface area contributed by atoms with E-state index >= 15 is 0 Å². The van der Waals surface area contributed by atoms with Crippen molar-refractivity contribution in [2.24, 2.45) is 13.0 Å². The standard InChI is InChI=1S/C15H21F2N3O2/c1-10(11-7-5-4-6-8-11)20(22-3)15(21)12-9-19(2)18-13(12)14(16)17/h4-5,9-11,14H,6-8H2,1-3H3. The van der Waals surface area contributed by atoms with Crippen molar-refractivity contribution in [2.75, 3.05) is 7.11 Å². The van der Waals surface area contributed by atoms with E-state index in [9.17, 15) is 13.6 Å². The number of hydrogen-bond donors (Lipinski definition) is 0. The maximum atomic E-state index is 13.0. The summed E-state index contributed by atoms with van der Waals surface area (Å²) in [5, 5.41) is 4.86. The molecule has 1 aliphatic rings. The van der Waals surface area contributed by atoms with Gasteiger partial charge in [0.15, 0.2) is 0 Å². The third kappa shape index (κ3) is 3.35. The number of allylic oxidation sites excluding steroid dienone is 2. The Bertz CT molecular complexity index is 557. The SMILES string of the molecule is CON(C(=O)c1cn(C)nc1C(F)F)C(C)C1CC=CCC1. The average Bonchev–Trinajstić information content (AvgIpc) is 2.91. The molecular weight excluding hydrogens is 292 g/mol. The zero-order valence-corrected chi connectivity index (χ0v) is 13.0. The Labute approximate surface area is 128 Å². The van der Waals surface area contributed by atoms with Crippen LogP contribution in [0.25, 0.3) is 0 Å². The summed E-state index contributed by atoms with van der Waals surface area (Å²) in [4.78, 5) is 17.8. The molecule has 1 aromatic heterocycles. The molecule has 0 saturated carbocycles. The predicted octanol–water partition coefficient (Wildman–Crippen LogP) is 3.11. The van der Waals surface area contributed by atoms with Crippen LogP contribution in [0.3, 0.4) is 0 Å². The topological polar surface area (TPSA) is 47.4 Å². The minimum absolute atomic E-state index is 0.113. The van der Waals surface area contributed by atoms with Gasteiger partial charge in [0.1, 0.15) is 5.69 Å². The van der Waals surface area contributed by atoms with Crippen LogP contribution < -0.4 is 0 Å². The molecule has 0 saturated heterocycles. The van der Waals surface area contributed by atoms with Crippen LogP contribution in [0.5, 0.6) is 0 Å². The first-order valence-corrected chi connectivity index (χ1v) is 7.30. The van der Waals surface area contributed by atoms with E-state index in [2.05, 4.69) is 17.3 Å². The Hall–Kier alpha value is -1.76. The van der Waals surface area contributed by atoms with E-state index in [1.807, 2.05) is 6.92 Å². The van der Waals surface area contributed by atoms with Crippen molar-refractivity contribution in [3.8, 4) is 0 Å². The molecule has 22 heavy (non-hydrogen) atoms. The summed E-state index contributed by atoms with van der Waals surface area (Å²) < 4.78 is 27.3. The predicted molar refractivity (Wildman–Crippen MR) is 77.3 cm³/mol. The van der Waals surface area contributed by atoms with Crippen LogP contribution in [-0.4, -0.2) is 33.9 Å². The number of hydrogen-bond acceptors (Lipinski definition) is 3. The van der Waals surface area contributed by atoms with Gasteiger partial charge in [-0.15, -0.1) is 0 Å². The van der Waals surface area contributed by atoms with Crippen LogP contribution in [0.15, 0.2) is 18.3 Å². The third-order valence-corrected chi connectivity index (χ3v) is 4.05. The van der Waals surface area contributed by atoms with E-state index in [1.165, 1.54) is 30.1 Å². The molecule has 1 amide bonds. The Balaban J connectivity index is 2.23. The van der Waals surface area contributed by atoms with Gasteiger partial charge >= 0.3 is 0 Å². The zero-order chi connectivity index (χ0) is 16.3. The molecule has 1 aromatic rings. The van der Waals surface area contributed by atoms with Gasteiger partial charge in [-0.2, -0.15) is 5.10 Å². The number of carbonyl (C=O) groups is 1. The Morgan fingerprint density at radius 2 is 2.23 bits per heavy atom. The van der Waals surface area contributed by atoms with Crippen molar-refractivity contribution in [1.29, 1.82) is 0 Å². The molecule has 5 nitrogen and oxygen atoms in total. The normalized spacial score (nSPS) is 19.5. The second-order valence-electron chi connectivity index (χ2n) is 5.50. The van der Waals surface area contributed by atoms with E-state index in [0.717, 1.165) is 19.3 Å². The number of nitrogens with zero attached hydrogens (tertiary/aromatic N) is 3. The van der Waals surface area contributed by atoms with E-state index in [0.29, 0.717) is 0 Å². The Kier molecular flexibility index (Phi) is 5.28. The number of carbonyl (C=O) groups excluding carboxylic acids is 1. The van der Waals surface area contributed by atoms with Gasteiger partial charge in [-0.1, -0.05) is 12.2 Å². The van der Waals surface area contributed by atoms with E-state index in [-0.39, 0.29) is 17.5 Å². The summed E-state index contributed by atoms with van der Waals surface area (Å²) in [7, 11) is 2.89. The Morgan fingerprint density at radius 1 is 1.50 bits per heavy atom. The van der Waals surface area contributed by atoms with E-state index in [1.54, 1.807) is 0 Å².